The van der Waals surface area contributed by atoms with Crippen LogP contribution in [-0.4, -0.2) is 10.5 Å². The summed E-state index contributed by atoms with van der Waals surface area (Å²) in [6, 6.07) is 23.3. The zero-order valence-electron chi connectivity index (χ0n) is 18.5. The number of carbonyl (C=O) groups is 1. The second-order valence-electron chi connectivity index (χ2n) is 7.96. The number of rotatable bonds is 4. The third kappa shape index (κ3) is 4.48. The highest BCUT2D eigenvalue weighted by Crippen LogP contribution is 2.31. The monoisotopic (exact) mass is 519 g/mol. The SMILES string of the molecule is CC1=C(C(=O)Nc2ccccc2)[C@H](c2ccccc2)n2c(s/c(=C\c3cccc(Cl)c3Cl)c2=O)=N1. The van der Waals surface area contributed by atoms with Crippen LogP contribution in [0.5, 0.6) is 0 Å². The van der Waals surface area contributed by atoms with Crippen molar-refractivity contribution in [1.82, 2.24) is 4.57 Å². The zero-order chi connectivity index (χ0) is 24.5. The molecule has 8 heteroatoms. The predicted octanol–water partition coefficient (Wildman–Crippen LogP) is 5.18. The van der Waals surface area contributed by atoms with E-state index in [0.29, 0.717) is 41.9 Å². The molecular formula is C27H19Cl2N3O2S. The molecule has 1 aliphatic heterocycles. The van der Waals surface area contributed by atoms with Crippen LogP contribution in [0.15, 0.2) is 99.9 Å². The molecule has 0 radical (unpaired) electrons. The van der Waals surface area contributed by atoms with Crippen molar-refractivity contribution in [2.75, 3.05) is 5.32 Å². The fraction of sp³-hybridized carbons (Fsp3) is 0.0741. The number of nitrogens with one attached hydrogen (secondary N) is 1. The third-order valence-corrected chi connectivity index (χ3v) is 7.50. The van der Waals surface area contributed by atoms with Gasteiger partial charge in [-0.15, -0.1) is 0 Å². The molecule has 0 spiro atoms. The fourth-order valence-corrected chi connectivity index (χ4v) is 5.46. The summed E-state index contributed by atoms with van der Waals surface area (Å²) >= 11 is 13.8. The predicted molar refractivity (Wildman–Crippen MR) is 142 cm³/mol. The smallest absolute Gasteiger partial charge is 0.271 e. The number of hydrogen-bond donors (Lipinski definition) is 1. The van der Waals surface area contributed by atoms with Crippen molar-refractivity contribution in [3.05, 3.63) is 131 Å². The van der Waals surface area contributed by atoms with Crippen LogP contribution in [-0.2, 0) is 4.79 Å². The first-order chi connectivity index (χ1) is 16.9. The molecule has 2 heterocycles. The summed E-state index contributed by atoms with van der Waals surface area (Å²) in [6.07, 6.45) is 1.71. The molecule has 0 unspecified atom stereocenters. The fourth-order valence-electron chi connectivity index (χ4n) is 4.06. The maximum absolute atomic E-state index is 13.7. The molecule has 35 heavy (non-hydrogen) atoms. The van der Waals surface area contributed by atoms with E-state index >= 15 is 0 Å². The second-order valence-corrected chi connectivity index (χ2v) is 9.75. The Labute approximate surface area is 215 Å². The number of hydrogen-bond acceptors (Lipinski definition) is 4. The van der Waals surface area contributed by atoms with E-state index in [0.717, 1.165) is 5.56 Å². The number of fused-ring (bicyclic) bond motifs is 1. The second kappa shape index (κ2) is 9.66. The van der Waals surface area contributed by atoms with Crippen molar-refractivity contribution >= 4 is 52.2 Å². The van der Waals surface area contributed by atoms with E-state index in [1.165, 1.54) is 11.3 Å². The number of para-hydroxylation sites is 1. The molecule has 3 aromatic carbocycles. The summed E-state index contributed by atoms with van der Waals surface area (Å²) in [5, 5.41) is 3.73. The van der Waals surface area contributed by atoms with E-state index in [-0.39, 0.29) is 11.5 Å². The van der Waals surface area contributed by atoms with Crippen LogP contribution in [0.3, 0.4) is 0 Å². The number of halogens is 2. The van der Waals surface area contributed by atoms with Gasteiger partial charge >= 0.3 is 0 Å². The van der Waals surface area contributed by atoms with E-state index < -0.39 is 6.04 Å². The van der Waals surface area contributed by atoms with Gasteiger partial charge in [-0.25, -0.2) is 4.99 Å². The summed E-state index contributed by atoms with van der Waals surface area (Å²) in [6.45, 7) is 1.79. The van der Waals surface area contributed by atoms with Crippen LogP contribution in [0.4, 0.5) is 5.69 Å². The number of amides is 1. The number of nitrogens with zero attached hydrogens (tertiary/aromatic N) is 2. The summed E-state index contributed by atoms with van der Waals surface area (Å²) in [5.74, 6) is -0.307. The molecule has 0 bridgehead atoms. The average Bonchev–Trinajstić information content (AvgIpc) is 3.16. The maximum Gasteiger partial charge on any atom is 0.271 e. The normalized spacial score (nSPS) is 15.5. The summed E-state index contributed by atoms with van der Waals surface area (Å²) in [4.78, 5) is 32.3. The number of carbonyl (C=O) groups excluding carboxylic acids is 1. The van der Waals surface area contributed by atoms with E-state index in [1.54, 1.807) is 35.8 Å². The molecule has 174 valence electrons. The highest BCUT2D eigenvalue weighted by Gasteiger charge is 2.32. The van der Waals surface area contributed by atoms with E-state index in [2.05, 4.69) is 10.3 Å². The van der Waals surface area contributed by atoms with Gasteiger partial charge in [-0.1, -0.05) is 95.2 Å². The molecule has 1 atom stereocenters. The standard InChI is InChI=1S/C27H19Cl2N3O2S/c1-16-22(25(33)31-19-12-6-3-7-13-19)24(17-9-4-2-5-10-17)32-26(34)21(35-27(32)30-16)15-18-11-8-14-20(28)23(18)29/h2-15,24H,1H3,(H,31,33)/b21-15-/t24-/m0/s1. The van der Waals surface area contributed by atoms with Crippen LogP contribution >= 0.6 is 34.5 Å². The van der Waals surface area contributed by atoms with Crippen LogP contribution in [0.25, 0.3) is 6.08 Å². The highest BCUT2D eigenvalue weighted by atomic mass is 35.5. The van der Waals surface area contributed by atoms with E-state index in [1.807, 2.05) is 60.7 Å². The quantitative estimate of drug-likeness (QED) is 0.403. The lowest BCUT2D eigenvalue weighted by atomic mass is 9.95. The molecule has 1 aromatic heterocycles. The number of aromatic nitrogens is 1. The lowest BCUT2D eigenvalue weighted by Gasteiger charge is -2.25. The molecule has 0 saturated carbocycles. The number of benzene rings is 3. The molecule has 0 aliphatic carbocycles. The largest absolute Gasteiger partial charge is 0.322 e. The molecule has 1 amide bonds. The number of allylic oxidation sites excluding steroid dienone is 1. The molecule has 0 fully saturated rings. The van der Waals surface area contributed by atoms with Crippen molar-refractivity contribution in [2.24, 2.45) is 4.99 Å². The van der Waals surface area contributed by atoms with Crippen LogP contribution in [0.1, 0.15) is 24.1 Å². The summed E-state index contributed by atoms with van der Waals surface area (Å²) in [7, 11) is 0. The Bertz CT molecular complexity index is 1640. The Balaban J connectivity index is 1.69. The molecule has 5 rings (SSSR count). The zero-order valence-corrected chi connectivity index (χ0v) is 20.9. The van der Waals surface area contributed by atoms with Gasteiger partial charge in [-0.05, 0) is 42.3 Å². The van der Waals surface area contributed by atoms with Crippen LogP contribution < -0.4 is 20.2 Å². The van der Waals surface area contributed by atoms with Crippen molar-refractivity contribution in [3.8, 4) is 0 Å². The lowest BCUT2D eigenvalue weighted by molar-refractivity contribution is -0.113. The van der Waals surface area contributed by atoms with Crippen molar-refractivity contribution < 1.29 is 4.79 Å². The first-order valence-corrected chi connectivity index (χ1v) is 12.4. The Morgan fingerprint density at radius 2 is 1.69 bits per heavy atom. The average molecular weight is 520 g/mol. The maximum atomic E-state index is 13.7. The Hall–Kier alpha value is -3.45. The van der Waals surface area contributed by atoms with Gasteiger partial charge in [0.05, 0.1) is 31.9 Å². The Morgan fingerprint density at radius 3 is 2.40 bits per heavy atom. The summed E-state index contributed by atoms with van der Waals surface area (Å²) < 4.78 is 2.03. The first kappa shape index (κ1) is 23.3. The van der Waals surface area contributed by atoms with Crippen molar-refractivity contribution in [3.63, 3.8) is 0 Å². The highest BCUT2D eigenvalue weighted by molar-refractivity contribution is 7.07. The van der Waals surface area contributed by atoms with Gasteiger partial charge in [0, 0.05) is 5.69 Å². The number of anilines is 1. The topological polar surface area (TPSA) is 63.5 Å². The summed E-state index contributed by atoms with van der Waals surface area (Å²) in [5.41, 5.74) is 2.83. The molecule has 4 aromatic rings. The van der Waals surface area contributed by atoms with Gasteiger partial charge in [0.15, 0.2) is 4.80 Å². The van der Waals surface area contributed by atoms with Crippen molar-refractivity contribution in [1.29, 1.82) is 0 Å². The van der Waals surface area contributed by atoms with Crippen LogP contribution in [0, 0.1) is 0 Å². The minimum absolute atomic E-state index is 0.254. The van der Waals surface area contributed by atoms with E-state index in [4.69, 9.17) is 23.2 Å². The molecule has 1 N–H and O–H groups in total. The third-order valence-electron chi connectivity index (χ3n) is 5.68. The van der Waals surface area contributed by atoms with E-state index in [9.17, 15) is 9.59 Å². The minimum Gasteiger partial charge on any atom is -0.322 e. The minimum atomic E-state index is -0.631. The van der Waals surface area contributed by atoms with Gasteiger partial charge in [0.2, 0.25) is 0 Å². The molecule has 5 nitrogen and oxygen atoms in total. The molecule has 0 saturated heterocycles. The molecule has 1 aliphatic rings. The Kier molecular flexibility index (Phi) is 6.43. The Morgan fingerprint density at radius 1 is 1.00 bits per heavy atom. The van der Waals surface area contributed by atoms with Gasteiger partial charge < -0.3 is 5.32 Å². The van der Waals surface area contributed by atoms with Gasteiger partial charge in [-0.2, -0.15) is 0 Å². The van der Waals surface area contributed by atoms with Gasteiger partial charge in [0.1, 0.15) is 0 Å². The van der Waals surface area contributed by atoms with Gasteiger partial charge in [-0.3, -0.25) is 14.2 Å². The van der Waals surface area contributed by atoms with Crippen molar-refractivity contribution in [2.45, 2.75) is 13.0 Å². The first-order valence-electron chi connectivity index (χ1n) is 10.8. The van der Waals surface area contributed by atoms with Gasteiger partial charge in [0.25, 0.3) is 11.5 Å². The molecular weight excluding hydrogens is 501 g/mol. The lowest BCUT2D eigenvalue weighted by Crippen LogP contribution is -2.40. The van der Waals surface area contributed by atoms with Crippen LogP contribution in [0.2, 0.25) is 10.0 Å². The number of thiazole rings is 1.